The zero-order valence-electron chi connectivity index (χ0n) is 7.90. The fourth-order valence-electron chi connectivity index (χ4n) is 1.57. The Hall–Kier alpha value is -0.770. The first-order chi connectivity index (χ1) is 6.31. The number of rotatable bonds is 2. The van der Waals surface area contributed by atoms with E-state index in [0.717, 1.165) is 24.3 Å². The molecule has 2 rings (SSSR count). The largest absolute Gasteiger partial charge is 0.493 e. The molecule has 0 radical (unpaired) electrons. The van der Waals surface area contributed by atoms with Gasteiger partial charge in [0.15, 0.2) is 0 Å². The van der Waals surface area contributed by atoms with E-state index in [4.69, 9.17) is 16.2 Å². The van der Waals surface area contributed by atoms with Crippen molar-refractivity contribution in [3.8, 4) is 5.75 Å². The van der Waals surface area contributed by atoms with Crippen LogP contribution in [0.3, 0.4) is 0 Å². The van der Waals surface area contributed by atoms with Crippen molar-refractivity contribution in [3.05, 3.63) is 29.3 Å². The summed E-state index contributed by atoms with van der Waals surface area (Å²) in [7, 11) is 0. The lowest BCUT2D eigenvalue weighted by Crippen LogP contribution is -2.20. The van der Waals surface area contributed by atoms with Gasteiger partial charge in [0.25, 0.3) is 0 Å². The van der Waals surface area contributed by atoms with Crippen molar-refractivity contribution in [1.82, 2.24) is 0 Å². The Morgan fingerprint density at radius 2 is 2.21 bits per heavy atom. The van der Waals surface area contributed by atoms with Gasteiger partial charge in [-0.1, -0.05) is 12.1 Å². The Kier molecular flexibility index (Phi) is 3.75. The summed E-state index contributed by atoms with van der Waals surface area (Å²) in [6.07, 6.45) is 0.987. The van der Waals surface area contributed by atoms with Crippen molar-refractivity contribution in [1.29, 1.82) is 0 Å². The van der Waals surface area contributed by atoms with E-state index in [1.165, 1.54) is 5.56 Å². The van der Waals surface area contributed by atoms with Crippen molar-refractivity contribution >= 4 is 12.4 Å². The maximum atomic E-state index is 5.82. The molecule has 1 aromatic carbocycles. The summed E-state index contributed by atoms with van der Waals surface area (Å²) in [6.45, 7) is 1.27. The van der Waals surface area contributed by atoms with Gasteiger partial charge in [0.2, 0.25) is 0 Å². The maximum Gasteiger partial charge on any atom is 0.122 e. The van der Waals surface area contributed by atoms with Crippen LogP contribution in [0.25, 0.3) is 0 Å². The second-order valence-electron chi connectivity index (χ2n) is 3.31. The Bertz CT molecular complexity index is 317. The highest BCUT2D eigenvalue weighted by atomic mass is 35.5. The van der Waals surface area contributed by atoms with E-state index in [1.54, 1.807) is 0 Å². The summed E-state index contributed by atoms with van der Waals surface area (Å²) >= 11 is 0. The zero-order chi connectivity index (χ0) is 9.26. The van der Waals surface area contributed by atoms with Gasteiger partial charge in [0, 0.05) is 19.0 Å². The molecule has 0 aromatic heterocycles. The van der Waals surface area contributed by atoms with Gasteiger partial charge < -0.3 is 16.2 Å². The van der Waals surface area contributed by atoms with Gasteiger partial charge in [-0.3, -0.25) is 0 Å². The topological polar surface area (TPSA) is 61.3 Å². The number of hydrogen-bond donors (Lipinski definition) is 2. The molecule has 3 nitrogen and oxygen atoms in total. The van der Waals surface area contributed by atoms with Gasteiger partial charge in [0.1, 0.15) is 5.75 Å². The van der Waals surface area contributed by atoms with E-state index >= 15 is 0 Å². The molecule has 4 heteroatoms. The average Bonchev–Trinajstić information content (AvgIpc) is 2.63. The van der Waals surface area contributed by atoms with E-state index in [-0.39, 0.29) is 18.4 Å². The first-order valence-corrected chi connectivity index (χ1v) is 4.52. The lowest BCUT2D eigenvalue weighted by atomic mass is 10.0. The SMILES string of the molecule is Cl.NC[C@H](N)c1ccc2c(c1)CCO2. The van der Waals surface area contributed by atoms with Gasteiger partial charge >= 0.3 is 0 Å². The Balaban J connectivity index is 0.000000980. The Labute approximate surface area is 89.8 Å². The van der Waals surface area contributed by atoms with Crippen LogP contribution in [0.15, 0.2) is 18.2 Å². The summed E-state index contributed by atoms with van der Waals surface area (Å²) in [5.41, 5.74) is 13.7. The van der Waals surface area contributed by atoms with Crippen LogP contribution in [-0.4, -0.2) is 13.2 Å². The van der Waals surface area contributed by atoms with Crippen LogP contribution in [0.4, 0.5) is 0 Å². The molecular weight excluding hydrogens is 200 g/mol. The lowest BCUT2D eigenvalue weighted by molar-refractivity contribution is 0.357. The average molecular weight is 215 g/mol. The highest BCUT2D eigenvalue weighted by Gasteiger charge is 2.13. The Morgan fingerprint density at radius 1 is 1.43 bits per heavy atom. The zero-order valence-corrected chi connectivity index (χ0v) is 8.72. The minimum atomic E-state index is -0.0501. The fourth-order valence-corrected chi connectivity index (χ4v) is 1.57. The molecule has 0 amide bonds. The summed E-state index contributed by atoms with van der Waals surface area (Å²) < 4.78 is 5.39. The molecule has 0 saturated heterocycles. The summed E-state index contributed by atoms with van der Waals surface area (Å²) in [5.74, 6) is 0.993. The van der Waals surface area contributed by atoms with E-state index in [2.05, 4.69) is 6.07 Å². The van der Waals surface area contributed by atoms with E-state index < -0.39 is 0 Å². The number of nitrogens with two attached hydrogens (primary N) is 2. The smallest absolute Gasteiger partial charge is 0.122 e. The van der Waals surface area contributed by atoms with Crippen LogP contribution in [0.1, 0.15) is 17.2 Å². The molecule has 1 atom stereocenters. The number of halogens is 1. The number of ether oxygens (including phenoxy) is 1. The van der Waals surface area contributed by atoms with E-state index in [1.807, 2.05) is 12.1 Å². The fraction of sp³-hybridized carbons (Fsp3) is 0.400. The summed E-state index contributed by atoms with van der Waals surface area (Å²) in [4.78, 5) is 0. The molecule has 0 unspecified atom stereocenters. The minimum absolute atomic E-state index is 0. The second kappa shape index (κ2) is 4.64. The molecule has 4 N–H and O–H groups in total. The third-order valence-electron chi connectivity index (χ3n) is 2.40. The Morgan fingerprint density at radius 3 is 2.93 bits per heavy atom. The van der Waals surface area contributed by atoms with Crippen LogP contribution in [-0.2, 0) is 6.42 Å². The predicted octanol–water partition coefficient (Wildman–Crippen LogP) is 1.00. The van der Waals surface area contributed by atoms with Crippen molar-refractivity contribution in [2.45, 2.75) is 12.5 Å². The summed E-state index contributed by atoms with van der Waals surface area (Å²) in [6, 6.07) is 6.01. The third-order valence-corrected chi connectivity index (χ3v) is 2.40. The predicted molar refractivity (Wildman–Crippen MR) is 58.9 cm³/mol. The second-order valence-corrected chi connectivity index (χ2v) is 3.31. The summed E-state index contributed by atoms with van der Waals surface area (Å²) in [5, 5.41) is 0. The van der Waals surface area contributed by atoms with Gasteiger partial charge in [-0.05, 0) is 17.2 Å². The van der Waals surface area contributed by atoms with Crippen LogP contribution in [0.5, 0.6) is 5.75 Å². The number of benzene rings is 1. The standard InChI is InChI=1S/C10H14N2O.ClH/c11-6-9(12)7-1-2-10-8(5-7)3-4-13-10;/h1-2,5,9H,3-4,6,11-12H2;1H/t9-;/m0./s1. The quantitative estimate of drug-likeness (QED) is 0.772. The molecule has 0 aliphatic carbocycles. The van der Waals surface area contributed by atoms with Crippen molar-refractivity contribution in [2.75, 3.05) is 13.2 Å². The number of hydrogen-bond acceptors (Lipinski definition) is 3. The molecule has 1 aliphatic rings. The van der Waals surface area contributed by atoms with Gasteiger partial charge in [-0.15, -0.1) is 12.4 Å². The van der Waals surface area contributed by atoms with E-state index in [9.17, 15) is 0 Å². The lowest BCUT2D eigenvalue weighted by Gasteiger charge is -2.09. The highest BCUT2D eigenvalue weighted by Crippen LogP contribution is 2.27. The molecule has 0 bridgehead atoms. The van der Waals surface area contributed by atoms with Gasteiger partial charge in [0.05, 0.1) is 6.61 Å². The first-order valence-electron chi connectivity index (χ1n) is 4.52. The molecule has 0 saturated carbocycles. The third kappa shape index (κ3) is 2.00. The molecule has 0 fully saturated rings. The van der Waals surface area contributed by atoms with Crippen LogP contribution >= 0.6 is 12.4 Å². The normalized spacial score (nSPS) is 15.3. The van der Waals surface area contributed by atoms with Gasteiger partial charge in [-0.25, -0.2) is 0 Å². The molecule has 0 spiro atoms. The van der Waals surface area contributed by atoms with Crippen molar-refractivity contribution < 1.29 is 4.74 Å². The molecule has 14 heavy (non-hydrogen) atoms. The van der Waals surface area contributed by atoms with Crippen molar-refractivity contribution in [2.24, 2.45) is 11.5 Å². The maximum absolute atomic E-state index is 5.82. The first kappa shape index (κ1) is 11.3. The molecule has 1 aliphatic heterocycles. The molecule has 1 aromatic rings. The van der Waals surface area contributed by atoms with Crippen LogP contribution in [0.2, 0.25) is 0 Å². The number of fused-ring (bicyclic) bond motifs is 1. The molecular formula is C10H15ClN2O. The van der Waals surface area contributed by atoms with Gasteiger partial charge in [-0.2, -0.15) is 0 Å². The van der Waals surface area contributed by atoms with Crippen molar-refractivity contribution in [3.63, 3.8) is 0 Å². The van der Waals surface area contributed by atoms with Crippen LogP contribution in [0, 0.1) is 0 Å². The highest BCUT2D eigenvalue weighted by molar-refractivity contribution is 5.85. The van der Waals surface area contributed by atoms with E-state index in [0.29, 0.717) is 6.54 Å². The molecule has 1 heterocycles. The molecule has 78 valence electrons. The monoisotopic (exact) mass is 214 g/mol. The van der Waals surface area contributed by atoms with Crippen LogP contribution < -0.4 is 16.2 Å². The minimum Gasteiger partial charge on any atom is -0.493 e.